The van der Waals surface area contributed by atoms with Crippen LogP contribution in [-0.2, 0) is 9.53 Å². The first-order valence-corrected chi connectivity index (χ1v) is 16.6. The lowest BCUT2D eigenvalue weighted by molar-refractivity contribution is -0.126. The van der Waals surface area contributed by atoms with E-state index in [0.29, 0.717) is 12.3 Å². The number of hydrogen-bond acceptors (Lipinski definition) is 5. The summed E-state index contributed by atoms with van der Waals surface area (Å²) in [6.45, 7) is 10.1. The van der Waals surface area contributed by atoms with Crippen molar-refractivity contribution in [3.8, 4) is 5.75 Å². The summed E-state index contributed by atoms with van der Waals surface area (Å²) in [4.78, 5) is 29.1. The Morgan fingerprint density at radius 2 is 1.66 bits per heavy atom. The molecule has 0 bridgehead atoms. The molecular formula is C39H46N4O4. The summed E-state index contributed by atoms with van der Waals surface area (Å²) in [5.74, 6) is 0.692. The number of likely N-dealkylation sites (tertiary alicyclic amines) is 1. The number of amides is 2. The first-order chi connectivity index (χ1) is 22.7. The van der Waals surface area contributed by atoms with Crippen LogP contribution in [0.1, 0.15) is 70.1 Å². The molecule has 2 amide bonds. The lowest BCUT2D eigenvalue weighted by Gasteiger charge is -2.27. The van der Waals surface area contributed by atoms with Gasteiger partial charge in [0.2, 0.25) is 5.91 Å². The zero-order valence-electron chi connectivity index (χ0n) is 28.0. The summed E-state index contributed by atoms with van der Waals surface area (Å²) < 4.78 is 11.8. The second-order valence-electron chi connectivity index (χ2n) is 12.8. The Hall–Kier alpha value is -4.85. The highest BCUT2D eigenvalue weighted by Crippen LogP contribution is 2.36. The zero-order valence-corrected chi connectivity index (χ0v) is 28.0. The number of rotatable bonds is 11. The van der Waals surface area contributed by atoms with Crippen LogP contribution in [-0.4, -0.2) is 70.4 Å². The van der Waals surface area contributed by atoms with E-state index in [4.69, 9.17) is 9.47 Å². The SMILES string of the molecule is CCC(=C(c1ccc(OCCN(C/C=C/C(=O)N2CCCCC2)C(=O)OC(C)(C)C)cc1)c1ccc2[nH]ncc2c1)c1ccccc1. The van der Waals surface area contributed by atoms with Gasteiger partial charge in [0.05, 0.1) is 18.3 Å². The van der Waals surface area contributed by atoms with Gasteiger partial charge < -0.3 is 19.3 Å². The van der Waals surface area contributed by atoms with Crippen LogP contribution in [0.15, 0.2) is 91.1 Å². The van der Waals surface area contributed by atoms with Crippen molar-refractivity contribution in [3.05, 3.63) is 108 Å². The third kappa shape index (κ3) is 9.12. The topological polar surface area (TPSA) is 87.8 Å². The van der Waals surface area contributed by atoms with Gasteiger partial charge in [-0.05, 0) is 98.6 Å². The molecule has 1 N–H and O–H groups in total. The average Bonchev–Trinajstić information content (AvgIpc) is 3.55. The van der Waals surface area contributed by atoms with Gasteiger partial charge in [-0.3, -0.25) is 9.89 Å². The number of hydrogen-bond donors (Lipinski definition) is 1. The van der Waals surface area contributed by atoms with Crippen LogP contribution in [0, 0.1) is 0 Å². The molecule has 1 aromatic heterocycles. The summed E-state index contributed by atoms with van der Waals surface area (Å²) in [6.07, 6.45) is 8.81. The zero-order chi connectivity index (χ0) is 33.2. The van der Waals surface area contributed by atoms with Crippen molar-refractivity contribution in [2.75, 3.05) is 32.8 Å². The molecule has 8 nitrogen and oxygen atoms in total. The molecule has 1 aliphatic rings. The van der Waals surface area contributed by atoms with Gasteiger partial charge in [0, 0.05) is 31.1 Å². The van der Waals surface area contributed by atoms with Gasteiger partial charge in [-0.2, -0.15) is 5.10 Å². The van der Waals surface area contributed by atoms with Gasteiger partial charge >= 0.3 is 6.09 Å². The van der Waals surface area contributed by atoms with Crippen LogP contribution >= 0.6 is 0 Å². The minimum atomic E-state index is -0.635. The van der Waals surface area contributed by atoms with E-state index in [2.05, 4.69) is 71.7 Å². The predicted molar refractivity (Wildman–Crippen MR) is 188 cm³/mol. The van der Waals surface area contributed by atoms with Crippen molar-refractivity contribution < 1.29 is 19.1 Å². The van der Waals surface area contributed by atoms with E-state index >= 15 is 0 Å². The van der Waals surface area contributed by atoms with E-state index in [1.807, 2.05) is 50.1 Å². The second kappa shape index (κ2) is 15.6. The Morgan fingerprint density at radius 3 is 2.36 bits per heavy atom. The summed E-state index contributed by atoms with van der Waals surface area (Å²) >= 11 is 0. The number of carbonyl (C=O) groups excluding carboxylic acids is 2. The molecule has 1 fully saturated rings. The van der Waals surface area contributed by atoms with E-state index in [-0.39, 0.29) is 19.1 Å². The van der Waals surface area contributed by atoms with Crippen molar-refractivity contribution in [1.29, 1.82) is 0 Å². The summed E-state index contributed by atoms with van der Waals surface area (Å²) in [6, 6.07) is 25.0. The van der Waals surface area contributed by atoms with Gasteiger partial charge in [0.1, 0.15) is 18.0 Å². The number of fused-ring (bicyclic) bond motifs is 1. The molecule has 4 aromatic rings. The molecule has 0 aliphatic carbocycles. The monoisotopic (exact) mass is 634 g/mol. The Bertz CT molecular complexity index is 1690. The van der Waals surface area contributed by atoms with E-state index in [0.717, 1.165) is 66.4 Å². The maximum absolute atomic E-state index is 13.0. The fourth-order valence-electron chi connectivity index (χ4n) is 5.85. The van der Waals surface area contributed by atoms with Crippen LogP contribution in [0.2, 0.25) is 0 Å². The van der Waals surface area contributed by atoms with E-state index in [1.165, 1.54) is 11.1 Å². The lowest BCUT2D eigenvalue weighted by Crippen LogP contribution is -2.39. The lowest BCUT2D eigenvalue weighted by atomic mass is 9.88. The minimum Gasteiger partial charge on any atom is -0.492 e. The smallest absolute Gasteiger partial charge is 0.410 e. The number of ether oxygens (including phenoxy) is 2. The van der Waals surface area contributed by atoms with Crippen LogP contribution in [0.25, 0.3) is 22.0 Å². The first kappa shape index (κ1) is 33.5. The molecule has 5 rings (SSSR count). The average molecular weight is 635 g/mol. The first-order valence-electron chi connectivity index (χ1n) is 16.6. The quantitative estimate of drug-likeness (QED) is 0.133. The van der Waals surface area contributed by atoms with Crippen molar-refractivity contribution in [2.45, 2.75) is 59.0 Å². The van der Waals surface area contributed by atoms with E-state index in [1.54, 1.807) is 17.1 Å². The highest BCUT2D eigenvalue weighted by atomic mass is 16.6. The van der Waals surface area contributed by atoms with Crippen LogP contribution in [0.3, 0.4) is 0 Å². The number of allylic oxidation sites excluding steroid dienone is 1. The molecule has 0 radical (unpaired) electrons. The van der Waals surface area contributed by atoms with Crippen LogP contribution in [0.4, 0.5) is 4.79 Å². The molecule has 2 heterocycles. The molecule has 1 aliphatic heterocycles. The molecule has 0 spiro atoms. The van der Waals surface area contributed by atoms with Crippen molar-refractivity contribution in [2.24, 2.45) is 0 Å². The Kier molecular flexibility index (Phi) is 11.1. The number of H-pyrrole nitrogens is 1. The molecule has 3 aromatic carbocycles. The third-order valence-electron chi connectivity index (χ3n) is 8.19. The minimum absolute atomic E-state index is 0.0122. The van der Waals surface area contributed by atoms with Crippen LogP contribution < -0.4 is 4.74 Å². The van der Waals surface area contributed by atoms with E-state index in [9.17, 15) is 9.59 Å². The molecule has 0 atom stereocenters. The second-order valence-corrected chi connectivity index (χ2v) is 12.8. The van der Waals surface area contributed by atoms with Crippen molar-refractivity contribution >= 4 is 34.0 Å². The molecule has 246 valence electrons. The number of piperidine rings is 1. The normalized spacial score (nSPS) is 14.3. The molecule has 47 heavy (non-hydrogen) atoms. The fraction of sp³-hybridized carbons (Fsp3) is 0.359. The summed E-state index contributed by atoms with van der Waals surface area (Å²) in [5, 5.41) is 8.32. The molecular weight excluding hydrogens is 588 g/mol. The number of aromatic amines is 1. The Labute approximate surface area is 278 Å². The predicted octanol–water partition coefficient (Wildman–Crippen LogP) is 8.12. The van der Waals surface area contributed by atoms with Gasteiger partial charge in [-0.15, -0.1) is 0 Å². The number of benzene rings is 3. The van der Waals surface area contributed by atoms with Crippen molar-refractivity contribution in [3.63, 3.8) is 0 Å². The molecule has 1 saturated heterocycles. The Morgan fingerprint density at radius 1 is 0.936 bits per heavy atom. The number of carbonyl (C=O) groups is 2. The summed E-state index contributed by atoms with van der Waals surface area (Å²) in [7, 11) is 0. The van der Waals surface area contributed by atoms with E-state index < -0.39 is 11.7 Å². The fourth-order valence-corrected chi connectivity index (χ4v) is 5.85. The van der Waals surface area contributed by atoms with Gasteiger partial charge in [0.25, 0.3) is 0 Å². The van der Waals surface area contributed by atoms with Gasteiger partial charge in [0.15, 0.2) is 0 Å². The van der Waals surface area contributed by atoms with Gasteiger partial charge in [-0.25, -0.2) is 4.79 Å². The van der Waals surface area contributed by atoms with Crippen molar-refractivity contribution in [1.82, 2.24) is 20.0 Å². The Balaban J connectivity index is 1.30. The molecule has 8 heteroatoms. The maximum atomic E-state index is 13.0. The largest absolute Gasteiger partial charge is 0.492 e. The number of nitrogens with zero attached hydrogens (tertiary/aromatic N) is 3. The highest BCUT2D eigenvalue weighted by Gasteiger charge is 2.22. The standard InChI is InChI=1S/C39H46N4O4/c1-5-34(29-13-8-6-9-14-29)37(31-18-21-35-32(27-31)28-40-41-35)30-16-19-33(20-17-30)46-26-25-43(38(45)47-39(2,3)4)24-12-15-36(44)42-22-10-7-11-23-42/h6,8-9,12-21,27-28H,5,7,10-11,22-26H2,1-4H3,(H,40,41)/b15-12+,37-34?. The number of nitrogens with one attached hydrogen (secondary N) is 1. The van der Waals surface area contributed by atoms with Crippen LogP contribution in [0.5, 0.6) is 5.75 Å². The third-order valence-corrected chi connectivity index (χ3v) is 8.19. The summed E-state index contributed by atoms with van der Waals surface area (Å²) in [5.41, 5.74) is 6.17. The maximum Gasteiger partial charge on any atom is 0.410 e. The van der Waals surface area contributed by atoms with Gasteiger partial charge in [-0.1, -0.05) is 61.5 Å². The highest BCUT2D eigenvalue weighted by molar-refractivity contribution is 6.00. The molecule has 0 unspecified atom stereocenters. The molecule has 0 saturated carbocycles. The number of aromatic nitrogens is 2.